The van der Waals surface area contributed by atoms with E-state index in [0.29, 0.717) is 24.5 Å². The Labute approximate surface area is 177 Å². The van der Waals surface area contributed by atoms with Crippen molar-refractivity contribution in [3.05, 3.63) is 71.3 Å². The number of hydrogen-bond donors (Lipinski definition) is 1. The molecule has 0 saturated carbocycles. The summed E-state index contributed by atoms with van der Waals surface area (Å²) in [5, 5.41) is 11.1. The lowest BCUT2D eigenvalue weighted by molar-refractivity contribution is -0.139. The lowest BCUT2D eigenvalue weighted by Crippen LogP contribution is -2.32. The van der Waals surface area contributed by atoms with E-state index in [-0.39, 0.29) is 11.3 Å². The summed E-state index contributed by atoms with van der Waals surface area (Å²) in [5.41, 5.74) is 1.36. The molecule has 1 saturated heterocycles. The highest BCUT2D eigenvalue weighted by molar-refractivity contribution is 6.46. The molecular formula is C24H28N2O4. The minimum absolute atomic E-state index is 0.115. The summed E-state index contributed by atoms with van der Waals surface area (Å²) in [5.74, 6) is -0.824. The van der Waals surface area contributed by atoms with Gasteiger partial charge < -0.3 is 19.6 Å². The Morgan fingerprint density at radius 3 is 2.50 bits per heavy atom. The number of hydrogen-bond acceptors (Lipinski definition) is 5. The summed E-state index contributed by atoms with van der Waals surface area (Å²) in [4.78, 5) is 29.4. The second kappa shape index (κ2) is 9.59. The van der Waals surface area contributed by atoms with Crippen molar-refractivity contribution in [2.75, 3.05) is 33.8 Å². The highest BCUT2D eigenvalue weighted by Gasteiger charge is 2.45. The SMILES string of the molecule is CCOc1cccc(/C(O)=C2/C(=O)C(=O)N(CCCN(C)C)C2c2ccccc2)c1. The topological polar surface area (TPSA) is 70.1 Å². The molecule has 6 heteroatoms. The maximum atomic E-state index is 13.0. The molecule has 0 bridgehead atoms. The molecule has 158 valence electrons. The number of carbonyl (C=O) groups is 2. The van der Waals surface area contributed by atoms with Crippen LogP contribution < -0.4 is 4.74 Å². The number of ether oxygens (including phenoxy) is 1. The second-order valence-electron chi connectivity index (χ2n) is 7.52. The van der Waals surface area contributed by atoms with Gasteiger partial charge in [0.15, 0.2) is 0 Å². The lowest BCUT2D eigenvalue weighted by Gasteiger charge is -2.26. The molecule has 1 fully saturated rings. The van der Waals surface area contributed by atoms with E-state index >= 15 is 0 Å². The highest BCUT2D eigenvalue weighted by Crippen LogP contribution is 2.39. The van der Waals surface area contributed by atoms with Crippen molar-refractivity contribution in [3.63, 3.8) is 0 Å². The van der Waals surface area contributed by atoms with Gasteiger partial charge in [-0.25, -0.2) is 0 Å². The maximum Gasteiger partial charge on any atom is 0.295 e. The number of amides is 1. The molecule has 3 rings (SSSR count). The van der Waals surface area contributed by atoms with E-state index in [1.807, 2.05) is 56.3 Å². The Kier molecular flexibility index (Phi) is 6.90. The van der Waals surface area contributed by atoms with Gasteiger partial charge in [0, 0.05) is 12.1 Å². The van der Waals surface area contributed by atoms with Gasteiger partial charge in [0.1, 0.15) is 11.5 Å². The smallest absolute Gasteiger partial charge is 0.295 e. The van der Waals surface area contributed by atoms with Gasteiger partial charge in [0.2, 0.25) is 0 Å². The first-order valence-electron chi connectivity index (χ1n) is 10.1. The van der Waals surface area contributed by atoms with Crippen molar-refractivity contribution in [3.8, 4) is 5.75 Å². The third-order valence-electron chi connectivity index (χ3n) is 5.08. The Balaban J connectivity index is 2.06. The Bertz CT molecular complexity index is 937. The predicted molar refractivity (Wildman–Crippen MR) is 116 cm³/mol. The first-order chi connectivity index (χ1) is 14.4. The van der Waals surface area contributed by atoms with Crippen LogP contribution in [-0.2, 0) is 9.59 Å². The van der Waals surface area contributed by atoms with Crippen molar-refractivity contribution < 1.29 is 19.4 Å². The zero-order chi connectivity index (χ0) is 21.7. The number of nitrogens with zero attached hydrogens (tertiary/aromatic N) is 2. The van der Waals surface area contributed by atoms with Crippen molar-refractivity contribution in [1.29, 1.82) is 0 Å². The van der Waals surface area contributed by atoms with E-state index in [4.69, 9.17) is 4.74 Å². The van der Waals surface area contributed by atoms with Crippen LogP contribution in [0, 0.1) is 0 Å². The lowest BCUT2D eigenvalue weighted by atomic mass is 9.95. The summed E-state index contributed by atoms with van der Waals surface area (Å²) in [6, 6.07) is 15.7. The van der Waals surface area contributed by atoms with E-state index in [1.165, 1.54) is 0 Å². The number of benzene rings is 2. The number of rotatable bonds is 8. The highest BCUT2D eigenvalue weighted by atomic mass is 16.5. The van der Waals surface area contributed by atoms with Crippen LogP contribution >= 0.6 is 0 Å². The summed E-state index contributed by atoms with van der Waals surface area (Å²) in [6.07, 6.45) is 0.725. The molecule has 1 amide bonds. The maximum absolute atomic E-state index is 13.0. The van der Waals surface area contributed by atoms with Crippen LogP contribution in [0.3, 0.4) is 0 Å². The third-order valence-corrected chi connectivity index (χ3v) is 5.08. The minimum atomic E-state index is -0.659. The molecule has 1 N–H and O–H groups in total. The first-order valence-corrected chi connectivity index (χ1v) is 10.1. The summed E-state index contributed by atoms with van der Waals surface area (Å²) < 4.78 is 5.51. The van der Waals surface area contributed by atoms with Crippen molar-refractivity contribution in [2.45, 2.75) is 19.4 Å². The molecular weight excluding hydrogens is 380 g/mol. The summed E-state index contributed by atoms with van der Waals surface area (Å²) in [6.45, 7) is 3.59. The van der Waals surface area contributed by atoms with Crippen LogP contribution in [0.15, 0.2) is 60.2 Å². The van der Waals surface area contributed by atoms with E-state index in [0.717, 1.165) is 18.5 Å². The van der Waals surface area contributed by atoms with Crippen molar-refractivity contribution in [1.82, 2.24) is 9.80 Å². The zero-order valence-corrected chi connectivity index (χ0v) is 17.7. The molecule has 0 radical (unpaired) electrons. The minimum Gasteiger partial charge on any atom is -0.507 e. The number of Topliss-reactive ketones (excluding diaryl/α,β-unsaturated/α-hetero) is 1. The second-order valence-corrected chi connectivity index (χ2v) is 7.52. The van der Waals surface area contributed by atoms with Crippen LogP contribution in [0.2, 0.25) is 0 Å². The molecule has 30 heavy (non-hydrogen) atoms. The number of likely N-dealkylation sites (tertiary alicyclic amines) is 1. The van der Waals surface area contributed by atoms with Gasteiger partial charge in [-0.15, -0.1) is 0 Å². The number of aliphatic hydroxyl groups is 1. The molecule has 1 atom stereocenters. The fourth-order valence-corrected chi connectivity index (χ4v) is 3.71. The monoisotopic (exact) mass is 408 g/mol. The zero-order valence-electron chi connectivity index (χ0n) is 17.7. The number of ketones is 1. The van der Waals surface area contributed by atoms with Crippen LogP contribution in [0.4, 0.5) is 0 Å². The van der Waals surface area contributed by atoms with Crippen molar-refractivity contribution >= 4 is 17.4 Å². The Hall–Kier alpha value is -3.12. The average Bonchev–Trinajstić information content (AvgIpc) is 2.99. The van der Waals surface area contributed by atoms with Gasteiger partial charge in [0.05, 0.1) is 18.2 Å². The first kappa shape index (κ1) is 21.6. The van der Waals surface area contributed by atoms with Crippen LogP contribution in [0.1, 0.15) is 30.5 Å². The van der Waals surface area contributed by atoms with E-state index in [1.54, 1.807) is 29.2 Å². The Morgan fingerprint density at radius 2 is 1.83 bits per heavy atom. The molecule has 1 aliphatic rings. The van der Waals surface area contributed by atoms with Crippen LogP contribution in [0.5, 0.6) is 5.75 Å². The predicted octanol–water partition coefficient (Wildman–Crippen LogP) is 3.46. The summed E-state index contributed by atoms with van der Waals surface area (Å²) >= 11 is 0. The Morgan fingerprint density at radius 1 is 1.10 bits per heavy atom. The van der Waals surface area contributed by atoms with Gasteiger partial charge >= 0.3 is 0 Å². The molecule has 1 aliphatic heterocycles. The quantitative estimate of drug-likeness (QED) is 0.412. The molecule has 1 heterocycles. The van der Waals surface area contributed by atoms with E-state index < -0.39 is 17.7 Å². The normalized spacial score (nSPS) is 18.3. The number of carbonyl (C=O) groups excluding carboxylic acids is 2. The fourth-order valence-electron chi connectivity index (χ4n) is 3.71. The fraction of sp³-hybridized carbons (Fsp3) is 0.333. The van der Waals surface area contributed by atoms with E-state index in [9.17, 15) is 14.7 Å². The molecule has 0 aliphatic carbocycles. The van der Waals surface area contributed by atoms with Gasteiger partial charge in [0.25, 0.3) is 11.7 Å². The van der Waals surface area contributed by atoms with Gasteiger partial charge in [-0.05, 0) is 51.7 Å². The van der Waals surface area contributed by atoms with Crippen LogP contribution in [-0.4, -0.2) is 60.4 Å². The molecule has 1 unspecified atom stereocenters. The largest absolute Gasteiger partial charge is 0.507 e. The average molecular weight is 408 g/mol. The molecule has 6 nitrogen and oxygen atoms in total. The van der Waals surface area contributed by atoms with Gasteiger partial charge in [-0.3, -0.25) is 9.59 Å². The third kappa shape index (κ3) is 4.54. The number of aliphatic hydroxyl groups excluding tert-OH is 1. The summed E-state index contributed by atoms with van der Waals surface area (Å²) in [7, 11) is 3.93. The van der Waals surface area contributed by atoms with Crippen molar-refractivity contribution in [2.24, 2.45) is 0 Å². The molecule has 0 aromatic heterocycles. The molecule has 2 aromatic rings. The molecule has 0 spiro atoms. The van der Waals surface area contributed by atoms with Gasteiger partial charge in [-0.1, -0.05) is 42.5 Å². The van der Waals surface area contributed by atoms with Gasteiger partial charge in [-0.2, -0.15) is 0 Å². The molecule has 2 aromatic carbocycles. The van der Waals surface area contributed by atoms with E-state index in [2.05, 4.69) is 0 Å². The van der Waals surface area contributed by atoms with Crippen LogP contribution in [0.25, 0.3) is 5.76 Å². The standard InChI is InChI=1S/C24H28N2O4/c1-4-30-19-13-8-12-18(16-19)22(27)20-21(17-10-6-5-7-11-17)26(24(29)23(20)28)15-9-14-25(2)3/h5-8,10-13,16,21,27H,4,9,14-15H2,1-3H3/b22-20-.